The number of carbonyl (C=O) groups is 6. The topological polar surface area (TPSA) is 121 Å². The van der Waals surface area contributed by atoms with Gasteiger partial charge in [0.05, 0.1) is 0 Å². The summed E-state index contributed by atoms with van der Waals surface area (Å²) in [7, 11) is 0. The Morgan fingerprint density at radius 2 is 0.857 bits per heavy atom. The monoisotopic (exact) mass is 398 g/mol. The maximum absolute atomic E-state index is 12.3. The predicted molar refractivity (Wildman–Crippen MR) is 99.3 cm³/mol. The lowest BCUT2D eigenvalue weighted by atomic mass is 9.91. The van der Waals surface area contributed by atoms with Crippen molar-refractivity contribution in [1.29, 1.82) is 0 Å². The van der Waals surface area contributed by atoms with E-state index in [1.807, 2.05) is 0 Å². The average Bonchev–Trinajstić information content (AvgIpc) is 2.40. The number of ketones is 4. The van der Waals surface area contributed by atoms with Crippen molar-refractivity contribution in [2.24, 2.45) is 11.8 Å². The average molecular weight is 398 g/mol. The minimum atomic E-state index is -1.65. The molecule has 8 heteroatoms. The molecule has 0 amide bonds. The van der Waals surface area contributed by atoms with Crippen molar-refractivity contribution >= 4 is 35.1 Å². The highest BCUT2D eigenvalue weighted by atomic mass is 16.6. The van der Waals surface area contributed by atoms with Gasteiger partial charge in [0.2, 0.25) is 0 Å². The van der Waals surface area contributed by atoms with Gasteiger partial charge >= 0.3 is 11.9 Å². The van der Waals surface area contributed by atoms with Gasteiger partial charge in [-0.15, -0.1) is 0 Å². The zero-order chi connectivity index (χ0) is 22.4. The van der Waals surface area contributed by atoms with Crippen LogP contribution in [0.15, 0.2) is 0 Å². The minimum Gasteiger partial charge on any atom is -0.459 e. The SMILES string of the molecule is CC(=O)C(C(=O)CCC(=O)C(C(C)=O)C(=O)OC(C)(C)C)C(=O)OC(C)(C)C. The Morgan fingerprint density at radius 1 is 0.607 bits per heavy atom. The fraction of sp³-hybridized carbons (Fsp3) is 0.700. The molecule has 0 fully saturated rings. The van der Waals surface area contributed by atoms with Crippen LogP contribution in [0.3, 0.4) is 0 Å². The van der Waals surface area contributed by atoms with Gasteiger partial charge in [0.1, 0.15) is 11.2 Å². The molecule has 0 bridgehead atoms. The summed E-state index contributed by atoms with van der Waals surface area (Å²) >= 11 is 0. The fourth-order valence-electron chi connectivity index (χ4n) is 2.30. The second kappa shape index (κ2) is 9.71. The highest BCUT2D eigenvalue weighted by molar-refractivity contribution is 6.19. The molecule has 0 aromatic rings. The quantitative estimate of drug-likeness (QED) is 0.427. The number of hydrogen-bond donors (Lipinski definition) is 0. The van der Waals surface area contributed by atoms with E-state index in [1.54, 1.807) is 41.5 Å². The lowest BCUT2D eigenvalue weighted by Gasteiger charge is -2.23. The van der Waals surface area contributed by atoms with Crippen LogP contribution in [-0.4, -0.2) is 46.3 Å². The van der Waals surface area contributed by atoms with Crippen molar-refractivity contribution in [1.82, 2.24) is 0 Å². The number of hydrogen-bond acceptors (Lipinski definition) is 8. The van der Waals surface area contributed by atoms with Gasteiger partial charge in [-0.05, 0) is 55.4 Å². The molecule has 0 N–H and O–H groups in total. The molecule has 0 aliphatic heterocycles. The third-order valence-corrected chi connectivity index (χ3v) is 3.36. The molecule has 0 saturated carbocycles. The number of Topliss-reactive ketones (excluding diaryl/α,β-unsaturated/α-hetero) is 4. The summed E-state index contributed by atoms with van der Waals surface area (Å²) in [5.74, 6) is -8.30. The molecule has 0 aliphatic rings. The first-order valence-electron chi connectivity index (χ1n) is 8.98. The van der Waals surface area contributed by atoms with Gasteiger partial charge in [0.25, 0.3) is 0 Å². The molecule has 0 heterocycles. The maximum Gasteiger partial charge on any atom is 0.324 e. The fourth-order valence-corrected chi connectivity index (χ4v) is 2.30. The van der Waals surface area contributed by atoms with E-state index in [2.05, 4.69) is 0 Å². The van der Waals surface area contributed by atoms with Crippen LogP contribution in [0.25, 0.3) is 0 Å². The van der Waals surface area contributed by atoms with Gasteiger partial charge in [0.15, 0.2) is 35.0 Å². The molecule has 0 aromatic carbocycles. The van der Waals surface area contributed by atoms with E-state index in [4.69, 9.17) is 9.47 Å². The second-order valence-electron chi connectivity index (χ2n) is 8.59. The number of rotatable bonds is 9. The first-order chi connectivity index (χ1) is 12.5. The Morgan fingerprint density at radius 3 is 1.04 bits per heavy atom. The van der Waals surface area contributed by atoms with E-state index in [0.29, 0.717) is 0 Å². The normalized spacial score (nSPS) is 13.9. The first kappa shape index (κ1) is 25.6. The number of carbonyl (C=O) groups excluding carboxylic acids is 6. The van der Waals surface area contributed by atoms with Crippen molar-refractivity contribution in [2.75, 3.05) is 0 Å². The van der Waals surface area contributed by atoms with E-state index < -0.39 is 71.0 Å². The van der Waals surface area contributed by atoms with Crippen LogP contribution in [0.2, 0.25) is 0 Å². The second-order valence-corrected chi connectivity index (χ2v) is 8.59. The summed E-state index contributed by atoms with van der Waals surface area (Å²) in [6.07, 6.45) is -0.955. The Balaban J connectivity index is 5.20. The van der Waals surface area contributed by atoms with Gasteiger partial charge in [-0.2, -0.15) is 0 Å². The van der Waals surface area contributed by atoms with Gasteiger partial charge < -0.3 is 9.47 Å². The summed E-state index contributed by atoms with van der Waals surface area (Å²) in [6.45, 7) is 11.7. The van der Waals surface area contributed by atoms with Crippen molar-refractivity contribution in [2.45, 2.75) is 79.4 Å². The smallest absolute Gasteiger partial charge is 0.324 e. The van der Waals surface area contributed by atoms with E-state index >= 15 is 0 Å². The van der Waals surface area contributed by atoms with Gasteiger partial charge in [-0.3, -0.25) is 28.8 Å². The summed E-state index contributed by atoms with van der Waals surface area (Å²) < 4.78 is 10.1. The van der Waals surface area contributed by atoms with E-state index in [9.17, 15) is 28.8 Å². The Kier molecular flexibility index (Phi) is 8.88. The predicted octanol–water partition coefficient (Wildman–Crippen LogP) is 2.00. The zero-order valence-electron chi connectivity index (χ0n) is 17.8. The number of ether oxygens (including phenoxy) is 2. The van der Waals surface area contributed by atoms with Crippen molar-refractivity contribution < 1.29 is 38.2 Å². The van der Waals surface area contributed by atoms with Crippen LogP contribution < -0.4 is 0 Å². The molecule has 0 rings (SSSR count). The van der Waals surface area contributed by atoms with E-state index in [-0.39, 0.29) is 0 Å². The molecule has 158 valence electrons. The van der Waals surface area contributed by atoms with Gasteiger partial charge in [0, 0.05) is 12.8 Å². The molecular weight excluding hydrogens is 368 g/mol. The molecule has 0 saturated heterocycles. The first-order valence-corrected chi connectivity index (χ1v) is 8.98. The van der Waals surface area contributed by atoms with Crippen LogP contribution in [0.5, 0.6) is 0 Å². The van der Waals surface area contributed by atoms with Gasteiger partial charge in [-0.25, -0.2) is 0 Å². The van der Waals surface area contributed by atoms with Crippen molar-refractivity contribution in [3.63, 3.8) is 0 Å². The largest absolute Gasteiger partial charge is 0.459 e. The highest BCUT2D eigenvalue weighted by Gasteiger charge is 2.38. The summed E-state index contributed by atoms with van der Waals surface area (Å²) in [6, 6.07) is 0. The zero-order valence-corrected chi connectivity index (χ0v) is 17.8. The van der Waals surface area contributed by atoms with Crippen molar-refractivity contribution in [3.8, 4) is 0 Å². The number of esters is 2. The molecule has 0 spiro atoms. The van der Waals surface area contributed by atoms with Crippen LogP contribution in [0, 0.1) is 11.8 Å². The summed E-state index contributed by atoms with van der Waals surface area (Å²) in [5, 5.41) is 0. The molecule has 2 atom stereocenters. The summed E-state index contributed by atoms with van der Waals surface area (Å²) in [5.41, 5.74) is -1.78. The highest BCUT2D eigenvalue weighted by Crippen LogP contribution is 2.18. The summed E-state index contributed by atoms with van der Waals surface area (Å²) in [4.78, 5) is 72.4. The van der Waals surface area contributed by atoms with Crippen LogP contribution in [-0.2, 0) is 38.2 Å². The van der Waals surface area contributed by atoms with Gasteiger partial charge in [-0.1, -0.05) is 0 Å². The molecular formula is C20H30O8. The molecule has 28 heavy (non-hydrogen) atoms. The van der Waals surface area contributed by atoms with E-state index in [0.717, 1.165) is 13.8 Å². The van der Waals surface area contributed by atoms with Crippen LogP contribution in [0.4, 0.5) is 0 Å². The lowest BCUT2D eigenvalue weighted by molar-refractivity contribution is -0.167. The molecule has 8 nitrogen and oxygen atoms in total. The van der Waals surface area contributed by atoms with Crippen LogP contribution in [0.1, 0.15) is 68.2 Å². The maximum atomic E-state index is 12.3. The Labute approximate surface area is 165 Å². The third-order valence-electron chi connectivity index (χ3n) is 3.36. The minimum absolute atomic E-state index is 0.477. The lowest BCUT2D eigenvalue weighted by Crippen LogP contribution is -2.38. The molecule has 0 aliphatic carbocycles. The molecule has 0 radical (unpaired) electrons. The Bertz CT molecular complexity index is 603. The molecule has 0 aromatic heterocycles. The van der Waals surface area contributed by atoms with Crippen LogP contribution >= 0.6 is 0 Å². The standard InChI is InChI=1S/C20H30O8/c1-11(21)15(17(25)27-19(3,4)5)13(23)9-10-14(24)16(12(2)22)18(26)28-20(6,7)8/h15-16H,9-10H2,1-8H3. The Hall–Kier alpha value is -2.38. The van der Waals surface area contributed by atoms with Crippen molar-refractivity contribution in [3.05, 3.63) is 0 Å². The third kappa shape index (κ3) is 9.01. The van der Waals surface area contributed by atoms with E-state index in [1.165, 1.54) is 0 Å². The molecule has 2 unspecified atom stereocenters.